The molecule has 7 heteroatoms. The fraction of sp³-hybridized carbons (Fsp3) is 0.407. The number of amides is 1. The molecule has 0 bridgehead atoms. The van der Waals surface area contributed by atoms with Gasteiger partial charge in [-0.1, -0.05) is 39.0 Å². The van der Waals surface area contributed by atoms with Crippen molar-refractivity contribution in [3.8, 4) is 23.3 Å². The normalized spacial score (nSPS) is 11.0. The summed E-state index contributed by atoms with van der Waals surface area (Å²) in [4.78, 5) is 12.6. The number of nitrogens with one attached hydrogen (secondary N) is 1. The molecule has 34 heavy (non-hydrogen) atoms. The maximum Gasteiger partial charge on any atom is 0.266 e. The largest absolute Gasteiger partial charge is 0.494 e. The number of anilines is 1. The van der Waals surface area contributed by atoms with Crippen molar-refractivity contribution < 1.29 is 19.0 Å². The lowest BCUT2D eigenvalue weighted by Crippen LogP contribution is -2.13. The Bertz CT molecular complexity index is 997. The lowest BCUT2D eigenvalue weighted by atomic mass is 10.1. The predicted molar refractivity (Wildman–Crippen MR) is 139 cm³/mol. The smallest absolute Gasteiger partial charge is 0.266 e. The standard InChI is InChI=1S/C27H33BrN2O4/c1-4-6-7-8-9-10-15-34-26-24(28)17-20(18-25(26)32-3)16-21(19-29)27(31)30-22-11-13-23(14-12-22)33-5-2/h11-14,16-18H,4-10,15H2,1-3H3,(H,30,31)/b21-16+. The van der Waals surface area contributed by atoms with Gasteiger partial charge in [-0.05, 0) is 77.3 Å². The molecule has 0 saturated carbocycles. The Morgan fingerprint density at radius 1 is 1.06 bits per heavy atom. The van der Waals surface area contributed by atoms with Gasteiger partial charge in [0.2, 0.25) is 0 Å². The molecule has 0 spiro atoms. The molecule has 0 heterocycles. The Morgan fingerprint density at radius 2 is 1.76 bits per heavy atom. The molecule has 0 saturated heterocycles. The summed E-state index contributed by atoms with van der Waals surface area (Å²) in [6, 6.07) is 12.5. The summed E-state index contributed by atoms with van der Waals surface area (Å²) in [6.45, 7) is 5.28. The van der Waals surface area contributed by atoms with E-state index in [2.05, 4.69) is 28.2 Å². The second-order valence-corrected chi connectivity index (χ2v) is 8.59. The molecule has 0 aliphatic rings. The molecule has 0 aliphatic carbocycles. The Balaban J connectivity index is 2.06. The number of methoxy groups -OCH3 is 1. The van der Waals surface area contributed by atoms with Crippen LogP contribution in [0.1, 0.15) is 57.9 Å². The first kappa shape index (κ1) is 27.3. The minimum absolute atomic E-state index is 0.0245. The maximum absolute atomic E-state index is 12.6. The zero-order valence-electron chi connectivity index (χ0n) is 20.2. The van der Waals surface area contributed by atoms with Crippen molar-refractivity contribution >= 4 is 33.6 Å². The molecule has 2 rings (SSSR count). The van der Waals surface area contributed by atoms with Gasteiger partial charge < -0.3 is 19.5 Å². The topological polar surface area (TPSA) is 80.6 Å². The molecular weight excluding hydrogens is 496 g/mol. The first-order valence-corrected chi connectivity index (χ1v) is 12.5. The first-order chi connectivity index (χ1) is 16.5. The average molecular weight is 529 g/mol. The number of hydrogen-bond donors (Lipinski definition) is 1. The predicted octanol–water partition coefficient (Wildman–Crippen LogP) is 7.14. The first-order valence-electron chi connectivity index (χ1n) is 11.7. The highest BCUT2D eigenvalue weighted by atomic mass is 79.9. The van der Waals surface area contributed by atoms with Gasteiger partial charge in [0.05, 0.1) is 24.8 Å². The zero-order chi connectivity index (χ0) is 24.8. The molecule has 0 unspecified atom stereocenters. The Kier molecular flexibility index (Phi) is 12.0. The third kappa shape index (κ3) is 8.75. The van der Waals surface area contributed by atoms with E-state index in [1.807, 2.05) is 13.0 Å². The third-order valence-corrected chi connectivity index (χ3v) is 5.68. The highest BCUT2D eigenvalue weighted by Crippen LogP contribution is 2.37. The number of nitriles is 1. The molecule has 2 aromatic rings. The second-order valence-electron chi connectivity index (χ2n) is 7.73. The molecular formula is C27H33BrN2O4. The van der Waals surface area contributed by atoms with E-state index < -0.39 is 5.91 Å². The molecule has 1 amide bonds. The lowest BCUT2D eigenvalue weighted by Gasteiger charge is -2.14. The van der Waals surface area contributed by atoms with Crippen molar-refractivity contribution in [1.82, 2.24) is 0 Å². The van der Waals surface area contributed by atoms with Crippen molar-refractivity contribution in [3.05, 3.63) is 52.0 Å². The quantitative estimate of drug-likeness (QED) is 0.160. The highest BCUT2D eigenvalue weighted by Gasteiger charge is 2.14. The summed E-state index contributed by atoms with van der Waals surface area (Å²) in [5, 5.41) is 12.3. The number of rotatable bonds is 14. The lowest BCUT2D eigenvalue weighted by molar-refractivity contribution is -0.112. The van der Waals surface area contributed by atoms with Gasteiger partial charge in [0, 0.05) is 5.69 Å². The monoisotopic (exact) mass is 528 g/mol. The highest BCUT2D eigenvalue weighted by molar-refractivity contribution is 9.10. The molecule has 0 radical (unpaired) electrons. The summed E-state index contributed by atoms with van der Waals surface area (Å²) in [5.41, 5.74) is 1.20. The second kappa shape index (κ2) is 15.0. The summed E-state index contributed by atoms with van der Waals surface area (Å²) < 4.78 is 17.6. The number of ether oxygens (including phenoxy) is 3. The van der Waals surface area contributed by atoms with Crippen LogP contribution in [-0.2, 0) is 4.79 Å². The number of unbranched alkanes of at least 4 members (excludes halogenated alkanes) is 5. The van der Waals surface area contributed by atoms with Gasteiger partial charge in [-0.25, -0.2) is 0 Å². The van der Waals surface area contributed by atoms with Crippen molar-refractivity contribution in [1.29, 1.82) is 5.26 Å². The van der Waals surface area contributed by atoms with Gasteiger partial charge in [-0.3, -0.25) is 4.79 Å². The fourth-order valence-electron chi connectivity index (χ4n) is 3.33. The number of carbonyl (C=O) groups is 1. The zero-order valence-corrected chi connectivity index (χ0v) is 21.7. The summed E-state index contributed by atoms with van der Waals surface area (Å²) in [5.74, 6) is 1.37. The van der Waals surface area contributed by atoms with Crippen LogP contribution in [0.15, 0.2) is 46.4 Å². The number of carbonyl (C=O) groups excluding carboxylic acids is 1. The van der Waals surface area contributed by atoms with E-state index in [9.17, 15) is 10.1 Å². The van der Waals surface area contributed by atoms with Crippen LogP contribution in [0.2, 0.25) is 0 Å². The van der Waals surface area contributed by atoms with E-state index in [1.165, 1.54) is 31.8 Å². The number of hydrogen-bond acceptors (Lipinski definition) is 5. The third-order valence-electron chi connectivity index (χ3n) is 5.10. The number of nitrogens with zero attached hydrogens (tertiary/aromatic N) is 1. The van der Waals surface area contributed by atoms with Crippen molar-refractivity contribution in [2.75, 3.05) is 25.6 Å². The molecule has 6 nitrogen and oxygen atoms in total. The molecule has 0 aromatic heterocycles. The molecule has 182 valence electrons. The van der Waals surface area contributed by atoms with Gasteiger partial charge >= 0.3 is 0 Å². The van der Waals surface area contributed by atoms with Gasteiger partial charge in [0.25, 0.3) is 5.91 Å². The van der Waals surface area contributed by atoms with E-state index in [4.69, 9.17) is 14.2 Å². The van der Waals surface area contributed by atoms with E-state index in [0.29, 0.717) is 46.2 Å². The van der Waals surface area contributed by atoms with Gasteiger partial charge in [0.1, 0.15) is 17.4 Å². The number of benzene rings is 2. The molecule has 0 atom stereocenters. The van der Waals surface area contributed by atoms with Gasteiger partial charge in [-0.15, -0.1) is 0 Å². The Hall–Kier alpha value is -2.98. The molecule has 0 aliphatic heterocycles. The van der Waals surface area contributed by atoms with Crippen LogP contribution in [-0.4, -0.2) is 26.2 Å². The summed E-state index contributed by atoms with van der Waals surface area (Å²) in [6.07, 6.45) is 8.62. The van der Waals surface area contributed by atoms with Crippen LogP contribution in [0.3, 0.4) is 0 Å². The maximum atomic E-state index is 12.6. The Morgan fingerprint density at radius 3 is 2.41 bits per heavy atom. The fourth-order valence-corrected chi connectivity index (χ4v) is 3.91. The number of halogens is 1. The SMILES string of the molecule is CCCCCCCCOc1c(Br)cc(/C=C(\C#N)C(=O)Nc2ccc(OCC)cc2)cc1OC. The van der Waals surface area contributed by atoms with Crippen LogP contribution >= 0.6 is 15.9 Å². The van der Waals surface area contributed by atoms with Crippen molar-refractivity contribution in [3.63, 3.8) is 0 Å². The van der Waals surface area contributed by atoms with Crippen LogP contribution in [0.25, 0.3) is 6.08 Å². The average Bonchev–Trinajstić information content (AvgIpc) is 2.84. The molecule has 0 fully saturated rings. The van der Waals surface area contributed by atoms with E-state index >= 15 is 0 Å². The summed E-state index contributed by atoms with van der Waals surface area (Å²) >= 11 is 3.53. The van der Waals surface area contributed by atoms with Crippen LogP contribution in [0, 0.1) is 11.3 Å². The van der Waals surface area contributed by atoms with E-state index in [1.54, 1.807) is 43.5 Å². The van der Waals surface area contributed by atoms with Crippen molar-refractivity contribution in [2.45, 2.75) is 52.4 Å². The van der Waals surface area contributed by atoms with Crippen LogP contribution in [0.4, 0.5) is 5.69 Å². The minimum Gasteiger partial charge on any atom is -0.494 e. The minimum atomic E-state index is -0.495. The van der Waals surface area contributed by atoms with Crippen molar-refractivity contribution in [2.24, 2.45) is 0 Å². The van der Waals surface area contributed by atoms with Gasteiger partial charge in [0.15, 0.2) is 11.5 Å². The molecule has 2 aromatic carbocycles. The van der Waals surface area contributed by atoms with Gasteiger partial charge in [-0.2, -0.15) is 5.26 Å². The van der Waals surface area contributed by atoms with E-state index in [-0.39, 0.29) is 5.57 Å². The van der Waals surface area contributed by atoms with Crippen LogP contribution < -0.4 is 19.5 Å². The molecule has 1 N–H and O–H groups in total. The van der Waals surface area contributed by atoms with Crippen LogP contribution in [0.5, 0.6) is 17.2 Å². The Labute approximate surface area is 211 Å². The van der Waals surface area contributed by atoms with E-state index in [0.717, 1.165) is 12.8 Å². The summed E-state index contributed by atoms with van der Waals surface area (Å²) in [7, 11) is 1.57.